The molecule has 21 heavy (non-hydrogen) atoms. The fourth-order valence-corrected chi connectivity index (χ4v) is 2.71. The van der Waals surface area contributed by atoms with E-state index in [-0.39, 0.29) is 12.5 Å². The van der Waals surface area contributed by atoms with Crippen LogP contribution in [0.2, 0.25) is 5.02 Å². The van der Waals surface area contributed by atoms with Crippen molar-refractivity contribution < 1.29 is 19.4 Å². The van der Waals surface area contributed by atoms with Crippen molar-refractivity contribution in [1.82, 2.24) is 5.32 Å². The molecular weight excluding hydrogens is 294 g/mol. The van der Waals surface area contributed by atoms with Gasteiger partial charge in [-0.05, 0) is 37.1 Å². The van der Waals surface area contributed by atoms with E-state index >= 15 is 0 Å². The van der Waals surface area contributed by atoms with Gasteiger partial charge in [0, 0.05) is 11.6 Å². The van der Waals surface area contributed by atoms with E-state index in [2.05, 4.69) is 5.32 Å². The molecule has 0 bridgehead atoms. The molecule has 5 nitrogen and oxygen atoms in total. The number of carbonyl (C=O) groups is 1. The molecule has 1 aliphatic heterocycles. The van der Waals surface area contributed by atoms with Gasteiger partial charge in [0.25, 0.3) is 0 Å². The predicted octanol–water partition coefficient (Wildman–Crippen LogP) is 2.28. The molecular formula is C15H20ClNO4. The Morgan fingerprint density at radius 2 is 2.19 bits per heavy atom. The molecule has 0 spiro atoms. The van der Waals surface area contributed by atoms with Crippen molar-refractivity contribution in [2.75, 3.05) is 13.7 Å². The second-order valence-corrected chi connectivity index (χ2v) is 5.70. The molecule has 0 saturated carbocycles. The number of carboxylic acids is 1. The van der Waals surface area contributed by atoms with E-state index in [1.807, 2.05) is 19.1 Å². The average Bonchev–Trinajstić information content (AvgIpc) is 2.89. The Kier molecular flexibility index (Phi) is 5.22. The summed E-state index contributed by atoms with van der Waals surface area (Å²) < 4.78 is 11.3. The lowest BCUT2D eigenvalue weighted by atomic mass is 9.94. The molecule has 6 heteroatoms. The van der Waals surface area contributed by atoms with Crippen molar-refractivity contribution >= 4 is 17.6 Å². The zero-order valence-corrected chi connectivity index (χ0v) is 12.9. The van der Waals surface area contributed by atoms with E-state index in [1.165, 1.54) is 0 Å². The molecule has 0 amide bonds. The summed E-state index contributed by atoms with van der Waals surface area (Å²) in [4.78, 5) is 11.8. The third-order valence-electron chi connectivity index (χ3n) is 3.86. The van der Waals surface area contributed by atoms with E-state index in [0.29, 0.717) is 11.6 Å². The van der Waals surface area contributed by atoms with Crippen molar-refractivity contribution in [3.05, 3.63) is 34.9 Å². The van der Waals surface area contributed by atoms with Gasteiger partial charge >= 0.3 is 5.97 Å². The first kappa shape index (κ1) is 16.2. The quantitative estimate of drug-likeness (QED) is 0.789. The fraction of sp³-hybridized carbons (Fsp3) is 0.533. The number of aliphatic carboxylic acids is 1. The lowest BCUT2D eigenvalue weighted by Crippen LogP contribution is -2.62. The molecule has 1 aliphatic rings. The van der Waals surface area contributed by atoms with Crippen LogP contribution >= 0.6 is 11.6 Å². The molecule has 1 fully saturated rings. The Bertz CT molecular complexity index is 493. The number of ether oxygens (including phenoxy) is 2. The van der Waals surface area contributed by atoms with Crippen LogP contribution in [0.3, 0.4) is 0 Å². The molecule has 1 saturated heterocycles. The first-order valence-corrected chi connectivity index (χ1v) is 7.29. The van der Waals surface area contributed by atoms with Crippen molar-refractivity contribution in [2.45, 2.75) is 31.8 Å². The third-order valence-corrected chi connectivity index (χ3v) is 4.11. The number of nitrogens with one attached hydrogen (secondary N) is 1. The number of hydrogen-bond donors (Lipinski definition) is 2. The summed E-state index contributed by atoms with van der Waals surface area (Å²) in [7, 11) is 1.57. The highest BCUT2D eigenvalue weighted by atomic mass is 35.5. The average molecular weight is 314 g/mol. The number of halogens is 1. The lowest BCUT2D eigenvalue weighted by Gasteiger charge is -2.35. The van der Waals surface area contributed by atoms with E-state index in [0.717, 1.165) is 12.0 Å². The molecule has 2 N–H and O–H groups in total. The molecule has 2 rings (SSSR count). The number of rotatable bonds is 6. The zero-order chi connectivity index (χ0) is 15.5. The topological polar surface area (TPSA) is 67.8 Å². The van der Waals surface area contributed by atoms with Gasteiger partial charge in [0.05, 0.1) is 6.61 Å². The number of carboxylic acid groups (broad SMARTS) is 1. The molecule has 1 heterocycles. The summed E-state index contributed by atoms with van der Waals surface area (Å²) in [5.74, 6) is -0.962. The molecule has 3 unspecified atom stereocenters. The maximum atomic E-state index is 11.8. The van der Waals surface area contributed by atoms with Gasteiger partial charge in [-0.1, -0.05) is 30.7 Å². The minimum atomic E-state index is -1.55. The van der Waals surface area contributed by atoms with E-state index in [9.17, 15) is 9.90 Å². The van der Waals surface area contributed by atoms with E-state index in [1.54, 1.807) is 19.2 Å². The first-order valence-electron chi connectivity index (χ1n) is 6.92. The molecule has 3 atom stereocenters. The normalized spacial score (nSPS) is 24.7. The van der Waals surface area contributed by atoms with Gasteiger partial charge in [0.15, 0.2) is 0 Å². The van der Waals surface area contributed by atoms with Gasteiger partial charge in [-0.2, -0.15) is 0 Å². The van der Waals surface area contributed by atoms with Crippen LogP contribution in [0.4, 0.5) is 0 Å². The highest BCUT2D eigenvalue weighted by Crippen LogP contribution is 2.31. The maximum absolute atomic E-state index is 11.8. The molecule has 0 aliphatic carbocycles. The first-order chi connectivity index (χ1) is 9.99. The van der Waals surface area contributed by atoms with Crippen LogP contribution in [-0.2, 0) is 20.9 Å². The Balaban J connectivity index is 2.16. The van der Waals surface area contributed by atoms with Gasteiger partial charge in [-0.15, -0.1) is 0 Å². The minimum absolute atomic E-state index is 0.110. The Morgan fingerprint density at radius 3 is 2.67 bits per heavy atom. The standard InChI is InChI=1S/C15H20ClNO4/c1-10-7-8-20-13(10)15(17-2,14(18)19)21-9-11-3-5-12(16)6-4-11/h3-6,10,13,17H,7-9H2,1-2H3,(H,18,19). The van der Waals surface area contributed by atoms with Crippen LogP contribution in [0.25, 0.3) is 0 Å². The Hall–Kier alpha value is -1.14. The smallest absolute Gasteiger partial charge is 0.354 e. The number of likely N-dealkylation sites (N-methyl/N-ethyl adjacent to an activating group) is 1. The second-order valence-electron chi connectivity index (χ2n) is 5.26. The summed E-state index contributed by atoms with van der Waals surface area (Å²) in [5.41, 5.74) is -0.693. The van der Waals surface area contributed by atoms with Crippen molar-refractivity contribution in [3.63, 3.8) is 0 Å². The van der Waals surface area contributed by atoms with Gasteiger partial charge in [-0.25, -0.2) is 4.79 Å². The van der Waals surface area contributed by atoms with Crippen LogP contribution in [0, 0.1) is 5.92 Å². The molecule has 0 radical (unpaired) electrons. The van der Waals surface area contributed by atoms with E-state index in [4.69, 9.17) is 21.1 Å². The van der Waals surface area contributed by atoms with Crippen LogP contribution in [0.1, 0.15) is 18.9 Å². The summed E-state index contributed by atoms with van der Waals surface area (Å²) in [6.45, 7) is 2.68. The predicted molar refractivity (Wildman–Crippen MR) is 79.2 cm³/mol. The largest absolute Gasteiger partial charge is 0.478 e. The van der Waals surface area contributed by atoms with Crippen LogP contribution in [0.5, 0.6) is 0 Å². The van der Waals surface area contributed by atoms with Crippen LogP contribution < -0.4 is 5.32 Å². The summed E-state index contributed by atoms with van der Waals surface area (Å²) in [5, 5.41) is 13.1. The minimum Gasteiger partial charge on any atom is -0.478 e. The van der Waals surface area contributed by atoms with Crippen molar-refractivity contribution in [1.29, 1.82) is 0 Å². The monoisotopic (exact) mass is 313 g/mol. The van der Waals surface area contributed by atoms with Gasteiger partial charge in [0.2, 0.25) is 5.72 Å². The molecule has 1 aromatic carbocycles. The van der Waals surface area contributed by atoms with Crippen LogP contribution in [-0.4, -0.2) is 36.6 Å². The molecule has 0 aromatic heterocycles. The van der Waals surface area contributed by atoms with Crippen molar-refractivity contribution in [3.8, 4) is 0 Å². The summed E-state index contributed by atoms with van der Waals surface area (Å²) >= 11 is 5.83. The molecule has 116 valence electrons. The van der Waals surface area contributed by atoms with E-state index < -0.39 is 17.8 Å². The summed E-state index contributed by atoms with van der Waals surface area (Å²) in [6, 6.07) is 7.11. The lowest BCUT2D eigenvalue weighted by molar-refractivity contribution is -0.198. The van der Waals surface area contributed by atoms with Crippen molar-refractivity contribution in [2.24, 2.45) is 5.92 Å². The zero-order valence-electron chi connectivity index (χ0n) is 12.1. The number of hydrogen-bond acceptors (Lipinski definition) is 4. The van der Waals surface area contributed by atoms with Gasteiger partial charge in [0.1, 0.15) is 6.10 Å². The second kappa shape index (κ2) is 6.75. The van der Waals surface area contributed by atoms with Gasteiger partial charge in [-0.3, -0.25) is 5.32 Å². The van der Waals surface area contributed by atoms with Crippen LogP contribution in [0.15, 0.2) is 24.3 Å². The fourth-order valence-electron chi connectivity index (χ4n) is 2.58. The number of benzene rings is 1. The van der Waals surface area contributed by atoms with Gasteiger partial charge < -0.3 is 14.6 Å². The Labute approximate surface area is 129 Å². The summed E-state index contributed by atoms with van der Waals surface area (Å²) in [6.07, 6.45) is 0.304. The molecule has 1 aromatic rings. The third kappa shape index (κ3) is 3.37. The highest BCUT2D eigenvalue weighted by Gasteiger charge is 2.51. The Morgan fingerprint density at radius 1 is 1.52 bits per heavy atom. The maximum Gasteiger partial charge on any atom is 0.354 e. The highest BCUT2D eigenvalue weighted by molar-refractivity contribution is 6.30. The SMILES string of the molecule is CNC(OCc1ccc(Cl)cc1)(C(=O)O)C1OCCC1C.